The molecule has 5 unspecified atom stereocenters. The Morgan fingerprint density at radius 1 is 0.792 bits per heavy atom. The minimum atomic E-state index is -1.45. The van der Waals surface area contributed by atoms with E-state index in [4.69, 9.17) is 9.47 Å². The molecule has 1 aliphatic heterocycles. The van der Waals surface area contributed by atoms with E-state index in [0.29, 0.717) is 12.8 Å². The van der Waals surface area contributed by atoms with Crippen LogP contribution in [0, 0.1) is 5.41 Å². The number of aliphatic hydroxyl groups excluding tert-OH is 4. The average Bonchev–Trinajstić information content (AvgIpc) is 3.08. The lowest BCUT2D eigenvalue weighted by Gasteiger charge is -2.42. The van der Waals surface area contributed by atoms with E-state index in [9.17, 15) is 25.2 Å². The monoisotopic (exact) mass is 730 g/mol. The molecular formula is C46H66O7. The fourth-order valence-electron chi connectivity index (χ4n) is 6.09. The second-order valence-electron chi connectivity index (χ2n) is 15.7. The van der Waals surface area contributed by atoms with Gasteiger partial charge in [0, 0.05) is 6.42 Å². The Labute approximate surface area is 319 Å². The molecule has 53 heavy (non-hydrogen) atoms. The van der Waals surface area contributed by atoms with Crippen molar-refractivity contribution in [3.63, 3.8) is 0 Å². The van der Waals surface area contributed by atoms with Crippen molar-refractivity contribution in [2.24, 2.45) is 5.41 Å². The van der Waals surface area contributed by atoms with Crippen molar-refractivity contribution < 1.29 is 34.7 Å². The molecule has 1 heterocycles. The van der Waals surface area contributed by atoms with Gasteiger partial charge in [-0.15, -0.1) is 0 Å². The summed E-state index contributed by atoms with van der Waals surface area (Å²) in [5.74, 6) is 0.260. The molecule has 0 radical (unpaired) electrons. The molecule has 2 aliphatic rings. The maximum absolute atomic E-state index is 12.2. The first kappa shape index (κ1) is 45.7. The number of hydrogen-bond donors (Lipinski definition) is 4. The Morgan fingerprint density at radius 2 is 1.30 bits per heavy atom. The van der Waals surface area contributed by atoms with E-state index in [1.54, 1.807) is 0 Å². The highest BCUT2D eigenvalue weighted by Crippen LogP contribution is 2.39. The van der Waals surface area contributed by atoms with Crippen molar-refractivity contribution in [2.75, 3.05) is 6.61 Å². The van der Waals surface area contributed by atoms with Gasteiger partial charge in [0.05, 0.1) is 12.2 Å². The zero-order valence-electron chi connectivity index (χ0n) is 33.8. The van der Waals surface area contributed by atoms with Crippen LogP contribution in [0.3, 0.4) is 0 Å². The summed E-state index contributed by atoms with van der Waals surface area (Å²) in [7, 11) is 0. The van der Waals surface area contributed by atoms with Crippen LogP contribution in [0.25, 0.3) is 0 Å². The van der Waals surface area contributed by atoms with Crippen LogP contribution in [0.15, 0.2) is 130 Å². The maximum Gasteiger partial charge on any atom is 0.187 e. The van der Waals surface area contributed by atoms with Crippen LogP contribution in [0.1, 0.15) is 101 Å². The summed E-state index contributed by atoms with van der Waals surface area (Å²) in [6.07, 6.45) is 28.6. The lowest BCUT2D eigenvalue weighted by atomic mass is 9.72. The van der Waals surface area contributed by atoms with E-state index in [0.717, 1.165) is 52.7 Å². The average molecular weight is 731 g/mol. The van der Waals surface area contributed by atoms with Gasteiger partial charge < -0.3 is 29.9 Å². The summed E-state index contributed by atoms with van der Waals surface area (Å²) in [6, 6.07) is 0. The molecule has 0 aromatic carbocycles. The van der Waals surface area contributed by atoms with Gasteiger partial charge in [-0.25, -0.2) is 0 Å². The third kappa shape index (κ3) is 16.2. The van der Waals surface area contributed by atoms with Crippen molar-refractivity contribution in [1.82, 2.24) is 0 Å². The molecular weight excluding hydrogens is 664 g/mol. The van der Waals surface area contributed by atoms with E-state index in [1.807, 2.05) is 45.1 Å². The normalized spacial score (nSPS) is 26.2. The van der Waals surface area contributed by atoms with E-state index in [2.05, 4.69) is 115 Å². The fraction of sp³-hybridized carbons (Fsp3) is 0.500. The van der Waals surface area contributed by atoms with Crippen molar-refractivity contribution in [1.29, 1.82) is 0 Å². The van der Waals surface area contributed by atoms with E-state index >= 15 is 0 Å². The zero-order valence-corrected chi connectivity index (χ0v) is 33.8. The largest absolute Gasteiger partial charge is 0.394 e. The summed E-state index contributed by atoms with van der Waals surface area (Å²) >= 11 is 0. The van der Waals surface area contributed by atoms with Gasteiger partial charge in [-0.3, -0.25) is 4.79 Å². The zero-order chi connectivity index (χ0) is 39.8. The minimum Gasteiger partial charge on any atom is -0.394 e. The third-order valence-electron chi connectivity index (χ3n) is 9.68. The number of ketones is 1. The molecule has 7 nitrogen and oxygen atoms in total. The van der Waals surface area contributed by atoms with Crippen LogP contribution < -0.4 is 0 Å². The first-order chi connectivity index (χ1) is 24.9. The molecule has 0 bridgehead atoms. The van der Waals surface area contributed by atoms with Crippen LogP contribution in [-0.4, -0.2) is 69.1 Å². The van der Waals surface area contributed by atoms with E-state index < -0.39 is 42.9 Å². The number of rotatable bonds is 17. The Kier molecular flexibility index (Phi) is 19.0. The number of Topliss-reactive ketones (excluding diaryl/α,β-unsaturated/α-hetero) is 1. The Morgan fingerprint density at radius 3 is 1.85 bits per heavy atom. The molecule has 4 N–H and O–H groups in total. The van der Waals surface area contributed by atoms with Gasteiger partial charge in [0.15, 0.2) is 12.1 Å². The highest BCUT2D eigenvalue weighted by Gasteiger charge is 2.45. The summed E-state index contributed by atoms with van der Waals surface area (Å²) in [5.41, 5.74) is 7.20. The molecule has 0 aromatic heterocycles. The first-order valence-corrected chi connectivity index (χ1v) is 18.8. The van der Waals surface area contributed by atoms with Crippen LogP contribution in [-0.2, 0) is 14.3 Å². The predicted molar refractivity (Wildman–Crippen MR) is 218 cm³/mol. The lowest BCUT2D eigenvalue weighted by Crippen LogP contribution is -2.60. The van der Waals surface area contributed by atoms with Gasteiger partial charge >= 0.3 is 0 Å². The molecule has 0 amide bonds. The highest BCUT2D eigenvalue weighted by atomic mass is 16.7. The van der Waals surface area contributed by atoms with Crippen molar-refractivity contribution >= 4 is 5.78 Å². The Hall–Kier alpha value is -3.43. The standard InChI is InChI=1S/C46H66O7/c1-32(17-11-12-18-33(2)20-15-24-36(5)26-27-38-37(6)39(48)28-30-45(38,7)8)19-13-21-34(3)22-14-23-35(4)25-16-29-46(9,10)53-44-43(51)42(50)41(49)40(31-47)52-44/h11-15,17-24,26-27,40-44,47,49-51H,16,25,28-31H2,1-10H3/b12-11+,19-13+,20-15+,22-14+,27-26+,32-17+,33-18+,34-21+,35-23?,36-24+. The van der Waals surface area contributed by atoms with E-state index in [1.165, 1.54) is 5.57 Å². The van der Waals surface area contributed by atoms with E-state index in [-0.39, 0.29) is 11.2 Å². The van der Waals surface area contributed by atoms with Gasteiger partial charge in [0.1, 0.15) is 24.4 Å². The van der Waals surface area contributed by atoms with Gasteiger partial charge in [0.25, 0.3) is 0 Å². The quantitative estimate of drug-likeness (QED) is 0.110. The van der Waals surface area contributed by atoms with Gasteiger partial charge in [0.2, 0.25) is 0 Å². The van der Waals surface area contributed by atoms with Gasteiger partial charge in [-0.2, -0.15) is 0 Å². The number of aliphatic hydroxyl groups is 4. The molecule has 5 atom stereocenters. The van der Waals surface area contributed by atoms with Crippen LogP contribution >= 0.6 is 0 Å². The molecule has 0 saturated carbocycles. The molecule has 2 rings (SSSR count). The van der Waals surface area contributed by atoms with Crippen molar-refractivity contribution in [3.8, 4) is 0 Å². The number of carbonyl (C=O) groups excluding carboxylic acids is 1. The van der Waals surface area contributed by atoms with Crippen molar-refractivity contribution in [2.45, 2.75) is 138 Å². The minimum absolute atomic E-state index is 0.0248. The molecule has 0 aromatic rings. The SMILES string of the molecule is CC(=C/C=C/C(C)=C/C=C/C(C)=C/C=C/C=C(C)/C=C/C=C(C)/C=C/C1=C(C)C(=O)CCC1(C)C)CCCC(C)(C)OC1OC(CO)C(O)C(O)C1O. The Bertz CT molecular complexity index is 1570. The number of allylic oxidation sites excluding steroid dienone is 22. The lowest BCUT2D eigenvalue weighted by molar-refractivity contribution is -0.323. The number of carbonyl (C=O) groups is 1. The van der Waals surface area contributed by atoms with Crippen LogP contribution in [0.5, 0.6) is 0 Å². The van der Waals surface area contributed by atoms with Crippen LogP contribution in [0.4, 0.5) is 0 Å². The smallest absolute Gasteiger partial charge is 0.187 e. The summed E-state index contributed by atoms with van der Waals surface area (Å²) < 4.78 is 11.4. The summed E-state index contributed by atoms with van der Waals surface area (Å²) in [5, 5.41) is 39.7. The summed E-state index contributed by atoms with van der Waals surface area (Å²) in [6.45, 7) is 20.0. The van der Waals surface area contributed by atoms with Gasteiger partial charge in [-0.05, 0) is 97.6 Å². The maximum atomic E-state index is 12.2. The third-order valence-corrected chi connectivity index (χ3v) is 9.68. The second kappa shape index (κ2) is 22.1. The molecule has 1 saturated heterocycles. The molecule has 7 heteroatoms. The Balaban J connectivity index is 1.79. The fourth-order valence-corrected chi connectivity index (χ4v) is 6.09. The predicted octanol–water partition coefficient (Wildman–Crippen LogP) is 8.97. The number of hydrogen-bond acceptors (Lipinski definition) is 7. The number of ether oxygens (including phenoxy) is 2. The summed E-state index contributed by atoms with van der Waals surface area (Å²) in [4.78, 5) is 12.2. The molecule has 1 aliphatic carbocycles. The molecule has 0 spiro atoms. The van der Waals surface area contributed by atoms with Crippen LogP contribution in [0.2, 0.25) is 0 Å². The topological polar surface area (TPSA) is 116 Å². The molecule has 1 fully saturated rings. The first-order valence-electron chi connectivity index (χ1n) is 18.8. The highest BCUT2D eigenvalue weighted by molar-refractivity contribution is 5.97. The van der Waals surface area contributed by atoms with Gasteiger partial charge in [-0.1, -0.05) is 133 Å². The second-order valence-corrected chi connectivity index (χ2v) is 15.7. The molecule has 292 valence electrons. The van der Waals surface area contributed by atoms with Crippen molar-refractivity contribution in [3.05, 3.63) is 130 Å².